The van der Waals surface area contributed by atoms with Gasteiger partial charge in [0.15, 0.2) is 0 Å². The van der Waals surface area contributed by atoms with Crippen molar-refractivity contribution in [3.63, 3.8) is 0 Å². The number of carbonyl (C=O) groups excluding carboxylic acids is 2. The standard InChI is InChI=1S/C13H13ClFNO5/c1-21-11(17)5-4-10(13(19)20)16-12(18)8-6-7(14)2-3-9(8)15/h2-3,6,10H,4-5H2,1H3,(H,16,18)(H,19,20). The first-order valence-electron chi connectivity index (χ1n) is 5.90. The maximum absolute atomic E-state index is 13.5. The van der Waals surface area contributed by atoms with E-state index in [2.05, 4.69) is 10.1 Å². The number of esters is 1. The fourth-order valence-electron chi connectivity index (χ4n) is 1.53. The molecule has 0 spiro atoms. The van der Waals surface area contributed by atoms with Crippen molar-refractivity contribution in [1.29, 1.82) is 0 Å². The molecule has 8 heteroatoms. The van der Waals surface area contributed by atoms with Crippen molar-refractivity contribution in [3.05, 3.63) is 34.6 Å². The lowest BCUT2D eigenvalue weighted by atomic mass is 10.1. The Labute approximate surface area is 124 Å². The van der Waals surface area contributed by atoms with E-state index in [1.165, 1.54) is 6.07 Å². The van der Waals surface area contributed by atoms with E-state index in [1.807, 2.05) is 0 Å². The molecule has 1 aromatic rings. The smallest absolute Gasteiger partial charge is 0.326 e. The summed E-state index contributed by atoms with van der Waals surface area (Å²) in [5, 5.41) is 11.3. The molecule has 1 amide bonds. The number of aliphatic carboxylic acids is 1. The van der Waals surface area contributed by atoms with Crippen molar-refractivity contribution in [2.24, 2.45) is 0 Å². The fraction of sp³-hybridized carbons (Fsp3) is 0.308. The normalized spacial score (nSPS) is 11.6. The van der Waals surface area contributed by atoms with Gasteiger partial charge in [-0.25, -0.2) is 9.18 Å². The van der Waals surface area contributed by atoms with Crippen molar-refractivity contribution >= 4 is 29.4 Å². The lowest BCUT2D eigenvalue weighted by Crippen LogP contribution is -2.41. The second-order valence-corrected chi connectivity index (χ2v) is 4.54. The molecule has 1 atom stereocenters. The first-order chi connectivity index (χ1) is 9.85. The van der Waals surface area contributed by atoms with Crippen molar-refractivity contribution in [1.82, 2.24) is 5.32 Å². The Morgan fingerprint density at radius 2 is 2.10 bits per heavy atom. The summed E-state index contributed by atoms with van der Waals surface area (Å²) >= 11 is 5.66. The number of carboxylic acids is 1. The first kappa shape index (κ1) is 16.9. The van der Waals surface area contributed by atoms with Crippen molar-refractivity contribution in [3.8, 4) is 0 Å². The predicted octanol–water partition coefficient (Wildman–Crippen LogP) is 1.62. The van der Waals surface area contributed by atoms with Gasteiger partial charge in [-0.05, 0) is 24.6 Å². The van der Waals surface area contributed by atoms with Crippen LogP contribution >= 0.6 is 11.6 Å². The van der Waals surface area contributed by atoms with Gasteiger partial charge in [-0.15, -0.1) is 0 Å². The Balaban J connectivity index is 2.79. The van der Waals surface area contributed by atoms with E-state index in [4.69, 9.17) is 16.7 Å². The highest BCUT2D eigenvalue weighted by molar-refractivity contribution is 6.31. The SMILES string of the molecule is COC(=O)CCC(NC(=O)c1cc(Cl)ccc1F)C(=O)O. The Bertz CT molecular complexity index is 563. The van der Waals surface area contributed by atoms with Crippen molar-refractivity contribution < 1.29 is 28.6 Å². The third-order valence-electron chi connectivity index (χ3n) is 2.64. The van der Waals surface area contributed by atoms with Crippen LogP contribution in [0.4, 0.5) is 4.39 Å². The van der Waals surface area contributed by atoms with Gasteiger partial charge in [0.2, 0.25) is 0 Å². The van der Waals surface area contributed by atoms with E-state index >= 15 is 0 Å². The van der Waals surface area contributed by atoms with E-state index < -0.39 is 29.7 Å². The van der Waals surface area contributed by atoms with Gasteiger partial charge in [-0.1, -0.05) is 11.6 Å². The number of carbonyl (C=O) groups is 3. The van der Waals surface area contributed by atoms with Crippen LogP contribution in [0.25, 0.3) is 0 Å². The molecule has 21 heavy (non-hydrogen) atoms. The highest BCUT2D eigenvalue weighted by Gasteiger charge is 2.23. The summed E-state index contributed by atoms with van der Waals surface area (Å²) in [6.45, 7) is 0. The molecular weight excluding hydrogens is 305 g/mol. The first-order valence-corrected chi connectivity index (χ1v) is 6.28. The molecule has 6 nitrogen and oxygen atoms in total. The van der Waals surface area contributed by atoms with Gasteiger partial charge in [-0.3, -0.25) is 9.59 Å². The number of methoxy groups -OCH3 is 1. The Hall–Kier alpha value is -2.15. The highest BCUT2D eigenvalue weighted by atomic mass is 35.5. The number of halogens is 2. The van der Waals surface area contributed by atoms with Crippen LogP contribution in [0, 0.1) is 5.82 Å². The third kappa shape index (κ3) is 5.03. The molecule has 0 radical (unpaired) electrons. The zero-order valence-corrected chi connectivity index (χ0v) is 11.8. The zero-order chi connectivity index (χ0) is 16.0. The average molecular weight is 318 g/mol. The largest absolute Gasteiger partial charge is 0.480 e. The monoisotopic (exact) mass is 317 g/mol. The maximum atomic E-state index is 13.5. The lowest BCUT2D eigenvalue weighted by Gasteiger charge is -2.14. The minimum atomic E-state index is -1.34. The molecule has 1 aromatic carbocycles. The number of nitrogens with one attached hydrogen (secondary N) is 1. The molecule has 0 aliphatic carbocycles. The number of carboxylic acid groups (broad SMARTS) is 1. The molecule has 0 saturated heterocycles. The molecule has 0 bridgehead atoms. The number of rotatable bonds is 6. The second kappa shape index (κ2) is 7.58. The maximum Gasteiger partial charge on any atom is 0.326 e. The minimum Gasteiger partial charge on any atom is -0.480 e. The van der Waals surface area contributed by atoms with Crippen LogP contribution < -0.4 is 5.32 Å². The summed E-state index contributed by atoms with van der Waals surface area (Å²) in [6.07, 6.45) is -0.359. The molecule has 0 fully saturated rings. The average Bonchev–Trinajstić information content (AvgIpc) is 2.44. The van der Waals surface area contributed by atoms with Crippen LogP contribution in [-0.4, -0.2) is 36.1 Å². The number of benzene rings is 1. The third-order valence-corrected chi connectivity index (χ3v) is 2.88. The highest BCUT2D eigenvalue weighted by Crippen LogP contribution is 2.15. The van der Waals surface area contributed by atoms with Crippen LogP contribution in [0.3, 0.4) is 0 Å². The molecule has 0 heterocycles. The van der Waals surface area contributed by atoms with Gasteiger partial charge in [-0.2, -0.15) is 0 Å². The Kier molecular flexibility index (Phi) is 6.10. The van der Waals surface area contributed by atoms with Gasteiger partial charge in [0, 0.05) is 11.4 Å². The van der Waals surface area contributed by atoms with E-state index in [1.54, 1.807) is 0 Å². The summed E-state index contributed by atoms with van der Waals surface area (Å²) in [4.78, 5) is 33.9. The molecule has 1 unspecified atom stereocenters. The fourth-order valence-corrected chi connectivity index (χ4v) is 1.70. The van der Waals surface area contributed by atoms with Gasteiger partial charge in [0.25, 0.3) is 5.91 Å². The second-order valence-electron chi connectivity index (χ2n) is 4.10. The van der Waals surface area contributed by atoms with Crippen LogP contribution in [0.2, 0.25) is 5.02 Å². The number of hydrogen-bond acceptors (Lipinski definition) is 4. The Morgan fingerprint density at radius 3 is 2.67 bits per heavy atom. The van der Waals surface area contributed by atoms with E-state index in [0.29, 0.717) is 0 Å². The quantitative estimate of drug-likeness (QED) is 0.778. The summed E-state index contributed by atoms with van der Waals surface area (Å²) in [5.74, 6) is -3.69. The van der Waals surface area contributed by atoms with Crippen LogP contribution in [0.5, 0.6) is 0 Å². The Morgan fingerprint density at radius 1 is 1.43 bits per heavy atom. The van der Waals surface area contributed by atoms with Gasteiger partial charge >= 0.3 is 11.9 Å². The molecule has 2 N–H and O–H groups in total. The van der Waals surface area contributed by atoms with E-state index in [-0.39, 0.29) is 23.4 Å². The zero-order valence-electron chi connectivity index (χ0n) is 11.1. The lowest BCUT2D eigenvalue weighted by molar-refractivity contribution is -0.142. The summed E-state index contributed by atoms with van der Waals surface area (Å²) in [6, 6.07) is 2.02. The number of ether oxygens (including phenoxy) is 1. The summed E-state index contributed by atoms with van der Waals surface area (Å²) in [7, 11) is 1.16. The molecule has 114 valence electrons. The molecule has 1 rings (SSSR count). The minimum absolute atomic E-state index is 0.142. The van der Waals surface area contributed by atoms with Crippen LogP contribution in [-0.2, 0) is 14.3 Å². The topological polar surface area (TPSA) is 92.7 Å². The van der Waals surface area contributed by atoms with Gasteiger partial charge in [0.05, 0.1) is 12.7 Å². The summed E-state index contributed by atoms with van der Waals surface area (Å²) in [5.41, 5.74) is -0.369. The van der Waals surface area contributed by atoms with Gasteiger partial charge in [0.1, 0.15) is 11.9 Å². The van der Waals surface area contributed by atoms with E-state index in [9.17, 15) is 18.8 Å². The van der Waals surface area contributed by atoms with E-state index in [0.717, 1.165) is 19.2 Å². The molecular formula is C13H13ClFNO5. The molecule has 0 saturated carbocycles. The molecule has 0 aliphatic heterocycles. The summed E-state index contributed by atoms with van der Waals surface area (Å²) < 4.78 is 17.9. The van der Waals surface area contributed by atoms with Gasteiger partial charge < -0.3 is 15.2 Å². The van der Waals surface area contributed by atoms with Crippen LogP contribution in [0.1, 0.15) is 23.2 Å². The number of hydrogen-bond donors (Lipinski definition) is 2. The van der Waals surface area contributed by atoms with Crippen LogP contribution in [0.15, 0.2) is 18.2 Å². The number of amides is 1. The molecule has 0 aromatic heterocycles. The predicted molar refractivity (Wildman–Crippen MR) is 71.6 cm³/mol. The van der Waals surface area contributed by atoms with Crippen molar-refractivity contribution in [2.75, 3.05) is 7.11 Å². The molecule has 0 aliphatic rings. The van der Waals surface area contributed by atoms with Crippen molar-refractivity contribution in [2.45, 2.75) is 18.9 Å².